The Morgan fingerprint density at radius 1 is 1.05 bits per heavy atom. The molecule has 0 fully saturated rings. The van der Waals surface area contributed by atoms with Gasteiger partial charge < -0.3 is 5.32 Å². The van der Waals surface area contributed by atoms with Crippen molar-refractivity contribution in [3.63, 3.8) is 0 Å². The molecule has 0 atom stereocenters. The quantitative estimate of drug-likeness (QED) is 0.519. The van der Waals surface area contributed by atoms with E-state index in [4.69, 9.17) is 0 Å². The van der Waals surface area contributed by atoms with Gasteiger partial charge in [0.05, 0.1) is 5.69 Å². The van der Waals surface area contributed by atoms with E-state index in [1.54, 1.807) is 11.8 Å². The van der Waals surface area contributed by atoms with Gasteiger partial charge in [0.15, 0.2) is 5.17 Å². The number of halogens is 2. The first-order valence-electron chi connectivity index (χ1n) is 5.58. The van der Waals surface area contributed by atoms with Gasteiger partial charge in [-0.1, -0.05) is 55.8 Å². The van der Waals surface area contributed by atoms with Gasteiger partial charge in [-0.25, -0.2) is 4.99 Å². The predicted octanol–water partition coefficient (Wildman–Crippen LogP) is 5.67. The van der Waals surface area contributed by atoms with Gasteiger partial charge in [-0.15, -0.1) is 0 Å². The fraction of sp³-hybridized carbons (Fsp3) is 0.0714. The van der Waals surface area contributed by atoms with E-state index in [9.17, 15) is 0 Å². The van der Waals surface area contributed by atoms with Crippen LogP contribution < -0.4 is 5.32 Å². The lowest BCUT2D eigenvalue weighted by Gasteiger charge is -2.08. The summed E-state index contributed by atoms with van der Waals surface area (Å²) in [5.41, 5.74) is 1.93. The van der Waals surface area contributed by atoms with E-state index >= 15 is 0 Å². The molecule has 0 saturated carbocycles. The zero-order chi connectivity index (χ0) is 13.7. The van der Waals surface area contributed by atoms with Gasteiger partial charge in [-0.3, -0.25) is 0 Å². The van der Waals surface area contributed by atoms with Crippen molar-refractivity contribution in [2.75, 3.05) is 11.6 Å². The molecule has 19 heavy (non-hydrogen) atoms. The fourth-order valence-corrected chi connectivity index (χ4v) is 2.68. The van der Waals surface area contributed by atoms with E-state index in [2.05, 4.69) is 42.2 Å². The first-order valence-corrected chi connectivity index (χ1v) is 8.39. The number of anilines is 1. The average Bonchev–Trinajstić information content (AvgIpc) is 2.38. The Balaban J connectivity index is 2.20. The van der Waals surface area contributed by atoms with Crippen molar-refractivity contribution in [2.24, 2.45) is 4.99 Å². The van der Waals surface area contributed by atoms with Crippen LogP contribution in [0.5, 0.6) is 0 Å². The van der Waals surface area contributed by atoms with Crippen molar-refractivity contribution in [1.82, 2.24) is 0 Å². The molecular formula is C14H12Br2N2S. The predicted molar refractivity (Wildman–Crippen MR) is 92.5 cm³/mol. The van der Waals surface area contributed by atoms with Crippen LogP contribution in [-0.4, -0.2) is 11.4 Å². The number of hydrogen-bond acceptors (Lipinski definition) is 2. The molecule has 0 aliphatic carbocycles. The van der Waals surface area contributed by atoms with Crippen molar-refractivity contribution >= 4 is 60.2 Å². The highest BCUT2D eigenvalue weighted by Gasteiger charge is 2.00. The molecule has 5 heteroatoms. The highest BCUT2D eigenvalue weighted by atomic mass is 79.9. The zero-order valence-corrected chi connectivity index (χ0v) is 14.2. The molecule has 0 heterocycles. The van der Waals surface area contributed by atoms with Crippen molar-refractivity contribution in [3.05, 3.63) is 57.5 Å². The summed E-state index contributed by atoms with van der Waals surface area (Å²) in [6.45, 7) is 0. The largest absolute Gasteiger partial charge is 0.335 e. The van der Waals surface area contributed by atoms with Crippen molar-refractivity contribution in [3.8, 4) is 0 Å². The standard InChI is InChI=1S/C14H12Br2N2S/c1-19-14(17-12-6-2-4-10(15)8-12)18-13-7-3-5-11(16)9-13/h2-9H,1H3,(H,17,18). The van der Waals surface area contributed by atoms with E-state index < -0.39 is 0 Å². The number of aliphatic imine (C=N–C) groups is 1. The molecule has 1 N–H and O–H groups in total. The molecule has 0 radical (unpaired) electrons. The SMILES string of the molecule is CSC(=Nc1cccc(Br)c1)Nc1cccc(Br)c1. The molecule has 0 unspecified atom stereocenters. The Bertz CT molecular complexity index is 600. The summed E-state index contributed by atoms with van der Waals surface area (Å²) in [6, 6.07) is 15.9. The van der Waals surface area contributed by atoms with Crippen LogP contribution in [0.25, 0.3) is 0 Å². The Kier molecular flexibility index (Phi) is 5.48. The molecule has 98 valence electrons. The molecule has 2 aromatic carbocycles. The van der Waals surface area contributed by atoms with Gasteiger partial charge in [-0.2, -0.15) is 0 Å². The summed E-state index contributed by atoms with van der Waals surface area (Å²) in [7, 11) is 0. The maximum absolute atomic E-state index is 4.59. The molecule has 2 nitrogen and oxygen atoms in total. The van der Waals surface area contributed by atoms with Gasteiger partial charge in [0, 0.05) is 14.6 Å². The summed E-state index contributed by atoms with van der Waals surface area (Å²) in [5, 5.41) is 4.16. The normalized spacial score (nSPS) is 11.4. The highest BCUT2D eigenvalue weighted by Crippen LogP contribution is 2.21. The number of nitrogens with zero attached hydrogens (tertiary/aromatic N) is 1. The lowest BCUT2D eigenvalue weighted by molar-refractivity contribution is 1.49. The van der Waals surface area contributed by atoms with Gasteiger partial charge in [0.2, 0.25) is 0 Å². The third-order valence-electron chi connectivity index (χ3n) is 2.31. The second kappa shape index (κ2) is 7.12. The smallest absolute Gasteiger partial charge is 0.165 e. The molecule has 2 aromatic rings. The van der Waals surface area contributed by atoms with Crippen LogP contribution in [0.4, 0.5) is 11.4 Å². The molecular weight excluding hydrogens is 388 g/mol. The molecule has 0 spiro atoms. The van der Waals surface area contributed by atoms with Crippen molar-refractivity contribution < 1.29 is 0 Å². The second-order valence-corrected chi connectivity index (χ2v) is 6.36. The van der Waals surface area contributed by atoms with Crippen LogP contribution in [0, 0.1) is 0 Å². The van der Waals surface area contributed by atoms with E-state index in [0.29, 0.717) is 0 Å². The maximum atomic E-state index is 4.59. The van der Waals surface area contributed by atoms with E-state index in [0.717, 1.165) is 25.5 Å². The summed E-state index contributed by atoms with van der Waals surface area (Å²) in [5.74, 6) is 0. The second-order valence-electron chi connectivity index (χ2n) is 3.74. The Labute approximate surface area is 134 Å². The van der Waals surface area contributed by atoms with Crippen LogP contribution in [0.15, 0.2) is 62.5 Å². The van der Waals surface area contributed by atoms with Gasteiger partial charge in [-0.05, 0) is 42.7 Å². The van der Waals surface area contributed by atoms with Crippen LogP contribution in [-0.2, 0) is 0 Å². The maximum Gasteiger partial charge on any atom is 0.165 e. The average molecular weight is 400 g/mol. The van der Waals surface area contributed by atoms with Crippen molar-refractivity contribution in [2.45, 2.75) is 0 Å². The molecule has 0 aliphatic rings. The zero-order valence-electron chi connectivity index (χ0n) is 10.2. The summed E-state index contributed by atoms with van der Waals surface area (Å²) in [4.78, 5) is 4.59. The third kappa shape index (κ3) is 4.67. The Morgan fingerprint density at radius 2 is 1.74 bits per heavy atom. The Hall–Kier alpha value is -0.780. The monoisotopic (exact) mass is 398 g/mol. The number of benzene rings is 2. The van der Waals surface area contributed by atoms with Gasteiger partial charge in [0.25, 0.3) is 0 Å². The first kappa shape index (κ1) is 14.6. The van der Waals surface area contributed by atoms with Crippen LogP contribution >= 0.6 is 43.6 Å². The van der Waals surface area contributed by atoms with Crippen LogP contribution in [0.3, 0.4) is 0 Å². The molecule has 2 rings (SSSR count). The number of amidine groups is 1. The molecule has 0 saturated heterocycles. The van der Waals surface area contributed by atoms with Gasteiger partial charge >= 0.3 is 0 Å². The van der Waals surface area contributed by atoms with E-state index in [1.165, 1.54) is 0 Å². The van der Waals surface area contributed by atoms with Crippen molar-refractivity contribution in [1.29, 1.82) is 0 Å². The summed E-state index contributed by atoms with van der Waals surface area (Å²) in [6.07, 6.45) is 2.00. The lowest BCUT2D eigenvalue weighted by atomic mass is 10.3. The van der Waals surface area contributed by atoms with Crippen LogP contribution in [0.1, 0.15) is 0 Å². The minimum Gasteiger partial charge on any atom is -0.335 e. The molecule has 0 aromatic heterocycles. The van der Waals surface area contributed by atoms with E-state index in [-0.39, 0.29) is 0 Å². The topological polar surface area (TPSA) is 24.4 Å². The van der Waals surface area contributed by atoms with E-state index in [1.807, 2.05) is 54.8 Å². The third-order valence-corrected chi connectivity index (χ3v) is 3.87. The first-order chi connectivity index (χ1) is 9.17. The van der Waals surface area contributed by atoms with Gasteiger partial charge in [0.1, 0.15) is 0 Å². The van der Waals surface area contributed by atoms with Crippen LogP contribution in [0.2, 0.25) is 0 Å². The molecule has 0 amide bonds. The fourth-order valence-electron chi connectivity index (χ4n) is 1.48. The number of rotatable bonds is 2. The summed E-state index contributed by atoms with van der Waals surface area (Å²) < 4.78 is 2.07. The highest BCUT2D eigenvalue weighted by molar-refractivity contribution is 9.10. The minimum atomic E-state index is 0.858. The molecule has 0 bridgehead atoms. The Morgan fingerprint density at radius 3 is 2.37 bits per heavy atom. The lowest BCUT2D eigenvalue weighted by Crippen LogP contribution is -2.06. The number of nitrogens with one attached hydrogen (secondary N) is 1. The molecule has 0 aliphatic heterocycles. The number of thioether (sulfide) groups is 1. The minimum absolute atomic E-state index is 0.858. The number of hydrogen-bond donors (Lipinski definition) is 1. The summed E-state index contributed by atoms with van der Waals surface area (Å²) >= 11 is 8.48.